The summed E-state index contributed by atoms with van der Waals surface area (Å²) in [6.45, 7) is 8.99. The van der Waals surface area contributed by atoms with Gasteiger partial charge in [-0.15, -0.1) is 24.8 Å². The van der Waals surface area contributed by atoms with Gasteiger partial charge in [0.1, 0.15) is 5.76 Å². The van der Waals surface area contributed by atoms with E-state index in [0.29, 0.717) is 12.0 Å². The van der Waals surface area contributed by atoms with Gasteiger partial charge in [0.05, 0.1) is 12.3 Å². The number of rotatable bonds is 4. The van der Waals surface area contributed by atoms with Crippen LogP contribution in [0.3, 0.4) is 0 Å². The fourth-order valence-electron chi connectivity index (χ4n) is 2.46. The topological polar surface area (TPSA) is 28.4 Å². The Labute approximate surface area is 122 Å². The molecular weight excluding hydrogens is 271 g/mol. The van der Waals surface area contributed by atoms with E-state index in [9.17, 15) is 0 Å². The van der Waals surface area contributed by atoms with Crippen molar-refractivity contribution >= 4 is 24.8 Å². The minimum Gasteiger partial charge on any atom is -0.468 e. The number of halogens is 2. The lowest BCUT2D eigenvalue weighted by Gasteiger charge is -2.36. The lowest BCUT2D eigenvalue weighted by Crippen LogP contribution is -2.46. The highest BCUT2D eigenvalue weighted by molar-refractivity contribution is 5.85. The molecule has 1 aromatic rings. The molecule has 2 rings (SSSR count). The van der Waals surface area contributed by atoms with Crippen LogP contribution in [0.15, 0.2) is 22.8 Å². The van der Waals surface area contributed by atoms with Gasteiger partial charge in [-0.3, -0.25) is 4.90 Å². The lowest BCUT2D eigenvalue weighted by atomic mass is 9.95. The largest absolute Gasteiger partial charge is 0.468 e. The van der Waals surface area contributed by atoms with E-state index in [1.165, 1.54) is 6.42 Å². The molecule has 1 N–H and O–H groups in total. The van der Waals surface area contributed by atoms with Gasteiger partial charge in [-0.05, 0) is 18.1 Å². The molecule has 1 fully saturated rings. The Hall–Kier alpha value is -0.220. The summed E-state index contributed by atoms with van der Waals surface area (Å²) in [5.41, 5.74) is 0. The summed E-state index contributed by atoms with van der Waals surface area (Å²) in [5, 5.41) is 3.40. The molecule has 0 amide bonds. The Bertz CT molecular complexity index is 300. The molecule has 0 aromatic carbocycles. The number of furan rings is 1. The second kappa shape index (κ2) is 8.81. The zero-order chi connectivity index (χ0) is 11.4. The summed E-state index contributed by atoms with van der Waals surface area (Å²) in [6.07, 6.45) is 2.97. The van der Waals surface area contributed by atoms with E-state index in [1.54, 1.807) is 6.26 Å². The third-order valence-corrected chi connectivity index (χ3v) is 3.56. The van der Waals surface area contributed by atoms with E-state index in [0.717, 1.165) is 31.9 Å². The van der Waals surface area contributed by atoms with Crippen LogP contribution in [0.4, 0.5) is 0 Å². The smallest absolute Gasteiger partial charge is 0.121 e. The van der Waals surface area contributed by atoms with Crippen molar-refractivity contribution in [2.75, 3.05) is 26.2 Å². The molecule has 1 saturated heterocycles. The maximum absolute atomic E-state index is 5.61. The highest BCUT2D eigenvalue weighted by Gasteiger charge is 2.28. The lowest BCUT2D eigenvalue weighted by molar-refractivity contribution is 0.110. The van der Waals surface area contributed by atoms with E-state index >= 15 is 0 Å². The van der Waals surface area contributed by atoms with Crippen molar-refractivity contribution in [1.29, 1.82) is 0 Å². The standard InChI is InChI=1S/C13H22N2O.2ClH/c1-3-11(2)13(12-5-4-10-16-12)15-8-6-14-7-9-15;;/h4-5,10-11,13-14H,3,6-9H2,1-2H3;2*1H/t11?,13-;;/m1../s1. The summed E-state index contributed by atoms with van der Waals surface area (Å²) < 4.78 is 5.61. The molecule has 2 heterocycles. The van der Waals surface area contributed by atoms with Crippen LogP contribution in [0.25, 0.3) is 0 Å². The van der Waals surface area contributed by atoms with E-state index in [1.807, 2.05) is 6.07 Å². The summed E-state index contributed by atoms with van der Waals surface area (Å²) in [7, 11) is 0. The minimum absolute atomic E-state index is 0. The average Bonchev–Trinajstić information content (AvgIpc) is 2.84. The molecule has 5 heteroatoms. The van der Waals surface area contributed by atoms with Gasteiger partial charge >= 0.3 is 0 Å². The van der Waals surface area contributed by atoms with Crippen LogP contribution >= 0.6 is 24.8 Å². The van der Waals surface area contributed by atoms with E-state index < -0.39 is 0 Å². The fourth-order valence-corrected chi connectivity index (χ4v) is 2.46. The second-order valence-corrected chi connectivity index (χ2v) is 4.63. The number of hydrogen-bond acceptors (Lipinski definition) is 3. The van der Waals surface area contributed by atoms with Crippen LogP contribution in [0.1, 0.15) is 32.1 Å². The molecule has 18 heavy (non-hydrogen) atoms. The molecule has 0 aliphatic carbocycles. The van der Waals surface area contributed by atoms with Gasteiger partial charge in [-0.25, -0.2) is 0 Å². The molecule has 1 aromatic heterocycles. The van der Waals surface area contributed by atoms with Crippen molar-refractivity contribution in [1.82, 2.24) is 10.2 Å². The Kier molecular flexibility index (Phi) is 8.70. The van der Waals surface area contributed by atoms with Gasteiger partial charge < -0.3 is 9.73 Å². The van der Waals surface area contributed by atoms with Crippen molar-refractivity contribution < 1.29 is 4.42 Å². The van der Waals surface area contributed by atoms with Gasteiger partial charge in [-0.1, -0.05) is 20.3 Å². The first kappa shape index (κ1) is 17.8. The monoisotopic (exact) mass is 294 g/mol. The van der Waals surface area contributed by atoms with Crippen molar-refractivity contribution in [3.8, 4) is 0 Å². The van der Waals surface area contributed by atoms with E-state index in [2.05, 4.69) is 30.1 Å². The Morgan fingerprint density at radius 3 is 2.50 bits per heavy atom. The molecule has 0 saturated carbocycles. The normalized spacial score (nSPS) is 19.4. The second-order valence-electron chi connectivity index (χ2n) is 4.63. The maximum atomic E-state index is 5.61. The van der Waals surface area contributed by atoms with Crippen molar-refractivity contribution in [2.45, 2.75) is 26.3 Å². The number of piperazine rings is 1. The first-order valence-electron chi connectivity index (χ1n) is 6.31. The maximum Gasteiger partial charge on any atom is 0.121 e. The molecule has 1 unspecified atom stereocenters. The SMILES string of the molecule is CCC(C)[C@H](c1ccco1)N1CCNCC1.Cl.Cl. The zero-order valence-corrected chi connectivity index (χ0v) is 12.7. The van der Waals surface area contributed by atoms with Crippen LogP contribution in [0.5, 0.6) is 0 Å². The summed E-state index contributed by atoms with van der Waals surface area (Å²) in [5.74, 6) is 1.76. The van der Waals surface area contributed by atoms with Crippen LogP contribution in [-0.2, 0) is 0 Å². The van der Waals surface area contributed by atoms with Crippen LogP contribution in [0.2, 0.25) is 0 Å². The molecule has 1 aliphatic heterocycles. The fraction of sp³-hybridized carbons (Fsp3) is 0.692. The van der Waals surface area contributed by atoms with Crippen LogP contribution < -0.4 is 5.32 Å². The molecule has 0 spiro atoms. The third kappa shape index (κ3) is 4.16. The molecule has 1 aliphatic rings. The highest BCUT2D eigenvalue weighted by Crippen LogP contribution is 2.31. The van der Waals surface area contributed by atoms with Crippen molar-refractivity contribution in [3.05, 3.63) is 24.2 Å². The van der Waals surface area contributed by atoms with Crippen LogP contribution in [-0.4, -0.2) is 31.1 Å². The minimum atomic E-state index is 0. The quantitative estimate of drug-likeness (QED) is 0.925. The Morgan fingerprint density at radius 1 is 1.33 bits per heavy atom. The Morgan fingerprint density at radius 2 is 2.00 bits per heavy atom. The molecule has 106 valence electrons. The Balaban J connectivity index is 0.00000144. The predicted octanol–water partition coefficient (Wildman–Crippen LogP) is 3.12. The molecular formula is C13H24Cl2N2O. The van der Waals surface area contributed by atoms with Gasteiger partial charge in [0.25, 0.3) is 0 Å². The highest BCUT2D eigenvalue weighted by atomic mass is 35.5. The van der Waals surface area contributed by atoms with Gasteiger partial charge in [0, 0.05) is 26.2 Å². The van der Waals surface area contributed by atoms with Gasteiger partial charge in [-0.2, -0.15) is 0 Å². The number of nitrogens with one attached hydrogen (secondary N) is 1. The summed E-state index contributed by atoms with van der Waals surface area (Å²) in [6, 6.07) is 4.55. The van der Waals surface area contributed by atoms with Gasteiger partial charge in [0.15, 0.2) is 0 Å². The molecule has 0 radical (unpaired) electrons. The number of nitrogens with zero attached hydrogens (tertiary/aromatic N) is 1. The van der Waals surface area contributed by atoms with Crippen molar-refractivity contribution in [2.24, 2.45) is 5.92 Å². The predicted molar refractivity (Wildman–Crippen MR) is 79.8 cm³/mol. The first-order chi connectivity index (χ1) is 7.83. The summed E-state index contributed by atoms with van der Waals surface area (Å²) in [4.78, 5) is 2.55. The molecule has 0 bridgehead atoms. The van der Waals surface area contributed by atoms with E-state index in [-0.39, 0.29) is 24.8 Å². The average molecular weight is 295 g/mol. The number of hydrogen-bond donors (Lipinski definition) is 1. The first-order valence-corrected chi connectivity index (χ1v) is 6.31. The van der Waals surface area contributed by atoms with Gasteiger partial charge in [0.2, 0.25) is 0 Å². The third-order valence-electron chi connectivity index (χ3n) is 3.56. The zero-order valence-electron chi connectivity index (χ0n) is 11.1. The van der Waals surface area contributed by atoms with Crippen LogP contribution in [0, 0.1) is 5.92 Å². The van der Waals surface area contributed by atoms with Crippen molar-refractivity contribution in [3.63, 3.8) is 0 Å². The molecule has 2 atom stereocenters. The molecule has 3 nitrogen and oxygen atoms in total. The van der Waals surface area contributed by atoms with E-state index in [4.69, 9.17) is 4.42 Å². The summed E-state index contributed by atoms with van der Waals surface area (Å²) >= 11 is 0.